The summed E-state index contributed by atoms with van der Waals surface area (Å²) in [6.07, 6.45) is 99.3. The summed E-state index contributed by atoms with van der Waals surface area (Å²) in [6.45, 7) is 5.03. The molecular formula is C83H165NO5. The molecule has 1 amide bonds. The fourth-order valence-electron chi connectivity index (χ4n) is 13.8. The van der Waals surface area contributed by atoms with Gasteiger partial charge in [0.25, 0.3) is 0 Å². The summed E-state index contributed by atoms with van der Waals surface area (Å²) in [7, 11) is 0. The van der Waals surface area contributed by atoms with Crippen LogP contribution in [0.3, 0.4) is 0 Å². The van der Waals surface area contributed by atoms with Crippen molar-refractivity contribution in [3.8, 4) is 0 Å². The van der Waals surface area contributed by atoms with E-state index in [2.05, 4.69) is 19.2 Å². The first-order chi connectivity index (χ1) is 44.0. The lowest BCUT2D eigenvalue weighted by Gasteiger charge is -2.22. The highest BCUT2D eigenvalue weighted by Crippen LogP contribution is 2.21. The predicted molar refractivity (Wildman–Crippen MR) is 394 cm³/mol. The Morgan fingerprint density at radius 3 is 0.685 bits per heavy atom. The molecule has 532 valence electrons. The average molecular weight is 1260 g/mol. The molecule has 6 nitrogen and oxygen atoms in total. The Morgan fingerprint density at radius 2 is 0.461 bits per heavy atom. The van der Waals surface area contributed by atoms with Crippen LogP contribution in [-0.4, -0.2) is 47.4 Å². The number of ether oxygens (including phenoxy) is 1. The second kappa shape index (κ2) is 79.3. The molecule has 6 heteroatoms. The lowest BCUT2D eigenvalue weighted by atomic mass is 10.0. The van der Waals surface area contributed by atoms with Crippen LogP contribution in [0, 0.1) is 0 Å². The molecule has 0 aliphatic heterocycles. The van der Waals surface area contributed by atoms with E-state index in [0.29, 0.717) is 25.9 Å². The number of carbonyl (C=O) groups excluding carboxylic acids is 2. The van der Waals surface area contributed by atoms with Crippen molar-refractivity contribution >= 4 is 11.9 Å². The molecule has 0 radical (unpaired) electrons. The molecule has 0 heterocycles. The van der Waals surface area contributed by atoms with Crippen molar-refractivity contribution in [2.45, 2.75) is 508 Å². The van der Waals surface area contributed by atoms with Crippen LogP contribution in [0.5, 0.6) is 0 Å². The number of aliphatic hydroxyl groups is 2. The molecule has 0 fully saturated rings. The highest BCUT2D eigenvalue weighted by atomic mass is 16.5. The van der Waals surface area contributed by atoms with Gasteiger partial charge in [0.05, 0.1) is 25.4 Å². The zero-order valence-electron chi connectivity index (χ0n) is 61.2. The maximum absolute atomic E-state index is 12.6. The van der Waals surface area contributed by atoms with E-state index < -0.39 is 12.1 Å². The van der Waals surface area contributed by atoms with Gasteiger partial charge in [-0.1, -0.05) is 457 Å². The Bertz CT molecular complexity index is 1310. The number of carbonyl (C=O) groups is 2. The third-order valence-corrected chi connectivity index (χ3v) is 20.2. The van der Waals surface area contributed by atoms with Gasteiger partial charge in [0.2, 0.25) is 5.91 Å². The van der Waals surface area contributed by atoms with Crippen LogP contribution in [0.2, 0.25) is 0 Å². The highest BCUT2D eigenvalue weighted by Gasteiger charge is 2.20. The number of amides is 1. The van der Waals surface area contributed by atoms with Crippen molar-refractivity contribution in [1.82, 2.24) is 5.32 Å². The van der Waals surface area contributed by atoms with E-state index in [0.717, 1.165) is 38.5 Å². The molecule has 0 saturated heterocycles. The zero-order chi connectivity index (χ0) is 64.2. The van der Waals surface area contributed by atoms with Crippen LogP contribution in [0.1, 0.15) is 495 Å². The summed E-state index contributed by atoms with van der Waals surface area (Å²) >= 11 is 0. The highest BCUT2D eigenvalue weighted by molar-refractivity contribution is 5.76. The minimum atomic E-state index is -0.662. The molecule has 0 aromatic heterocycles. The standard InChI is InChI=1S/C83H165NO5/c1-3-5-7-9-11-13-15-17-19-20-21-22-23-35-38-41-44-48-51-55-59-63-67-71-75-81(86)80(79-85)84-82(87)76-72-68-64-60-56-52-49-45-42-39-36-33-31-29-27-25-24-26-28-30-32-34-37-40-43-46-50-54-58-62-66-70-74-78-89-83(88)77-73-69-65-61-57-53-47-18-16-14-12-10-8-6-4-2/h80-81,85-86H,3-79H2,1-2H3,(H,84,87). The van der Waals surface area contributed by atoms with Crippen molar-refractivity contribution in [1.29, 1.82) is 0 Å². The number of aliphatic hydroxyl groups excluding tert-OH is 2. The first-order valence-corrected chi connectivity index (χ1v) is 41.8. The average Bonchev–Trinajstić information content (AvgIpc) is 3.55. The van der Waals surface area contributed by atoms with Crippen molar-refractivity contribution in [3.63, 3.8) is 0 Å². The smallest absolute Gasteiger partial charge is 0.305 e. The molecule has 2 unspecified atom stereocenters. The molecular weight excluding hydrogens is 1090 g/mol. The van der Waals surface area contributed by atoms with Crippen LogP contribution in [0.25, 0.3) is 0 Å². The molecule has 0 saturated carbocycles. The molecule has 0 spiro atoms. The molecule has 0 aromatic carbocycles. The maximum Gasteiger partial charge on any atom is 0.305 e. The van der Waals surface area contributed by atoms with E-state index in [1.807, 2.05) is 0 Å². The van der Waals surface area contributed by atoms with E-state index in [1.165, 1.54) is 424 Å². The normalized spacial score (nSPS) is 12.4. The van der Waals surface area contributed by atoms with Crippen LogP contribution in [0.4, 0.5) is 0 Å². The van der Waals surface area contributed by atoms with Gasteiger partial charge in [0, 0.05) is 12.8 Å². The topological polar surface area (TPSA) is 95.9 Å². The summed E-state index contributed by atoms with van der Waals surface area (Å²) < 4.78 is 5.51. The third kappa shape index (κ3) is 75.8. The Balaban J connectivity index is 3.31. The van der Waals surface area contributed by atoms with Crippen LogP contribution < -0.4 is 5.32 Å². The minimum absolute atomic E-state index is 0.0233. The summed E-state index contributed by atoms with van der Waals surface area (Å²) in [6, 6.07) is -0.538. The van der Waals surface area contributed by atoms with E-state index in [-0.39, 0.29) is 18.5 Å². The largest absolute Gasteiger partial charge is 0.466 e. The predicted octanol–water partition coefficient (Wildman–Crippen LogP) is 27.7. The van der Waals surface area contributed by atoms with Crippen LogP contribution >= 0.6 is 0 Å². The van der Waals surface area contributed by atoms with Crippen molar-refractivity contribution in [2.24, 2.45) is 0 Å². The summed E-state index contributed by atoms with van der Waals surface area (Å²) in [5, 5.41) is 23.5. The fourth-order valence-corrected chi connectivity index (χ4v) is 13.8. The van der Waals surface area contributed by atoms with Crippen molar-refractivity contribution < 1.29 is 24.5 Å². The van der Waals surface area contributed by atoms with Gasteiger partial charge in [-0.2, -0.15) is 0 Å². The van der Waals surface area contributed by atoms with Gasteiger partial charge in [-0.05, 0) is 25.7 Å². The quantitative estimate of drug-likeness (QED) is 0.0417. The van der Waals surface area contributed by atoms with E-state index in [4.69, 9.17) is 4.74 Å². The lowest BCUT2D eigenvalue weighted by Crippen LogP contribution is -2.45. The molecule has 0 aliphatic rings. The van der Waals surface area contributed by atoms with Gasteiger partial charge in [-0.15, -0.1) is 0 Å². The van der Waals surface area contributed by atoms with Gasteiger partial charge < -0.3 is 20.3 Å². The van der Waals surface area contributed by atoms with Gasteiger partial charge in [-0.3, -0.25) is 9.59 Å². The monoisotopic (exact) mass is 1260 g/mol. The van der Waals surface area contributed by atoms with Crippen molar-refractivity contribution in [3.05, 3.63) is 0 Å². The summed E-state index contributed by atoms with van der Waals surface area (Å²) in [5.41, 5.74) is 0. The number of rotatable bonds is 80. The van der Waals surface area contributed by atoms with Crippen LogP contribution in [-0.2, 0) is 14.3 Å². The second-order valence-corrected chi connectivity index (χ2v) is 29.2. The Kier molecular flexibility index (Phi) is 78.3. The van der Waals surface area contributed by atoms with Crippen LogP contribution in [0.15, 0.2) is 0 Å². The molecule has 0 bridgehead atoms. The second-order valence-electron chi connectivity index (χ2n) is 29.2. The Morgan fingerprint density at radius 1 is 0.270 bits per heavy atom. The fraction of sp³-hybridized carbons (Fsp3) is 0.976. The van der Waals surface area contributed by atoms with E-state index in [1.54, 1.807) is 0 Å². The maximum atomic E-state index is 12.6. The molecule has 0 rings (SSSR count). The SMILES string of the molecule is CCCCCCCCCCCCCCCCCCCCCCCCCCC(O)C(CO)NC(=O)CCCCCCCCCCCCCCCCCCCCCCCCCCCCCCCCCCCOC(=O)CCCCCCCCCCCCCCCCC. The number of hydrogen-bond acceptors (Lipinski definition) is 5. The molecule has 89 heavy (non-hydrogen) atoms. The minimum Gasteiger partial charge on any atom is -0.466 e. The molecule has 0 aliphatic carbocycles. The third-order valence-electron chi connectivity index (χ3n) is 20.2. The van der Waals surface area contributed by atoms with E-state index >= 15 is 0 Å². The molecule has 2 atom stereocenters. The van der Waals surface area contributed by atoms with Gasteiger partial charge in [-0.25, -0.2) is 0 Å². The van der Waals surface area contributed by atoms with Gasteiger partial charge >= 0.3 is 5.97 Å². The molecule has 3 N–H and O–H groups in total. The first kappa shape index (κ1) is 87.9. The first-order valence-electron chi connectivity index (χ1n) is 41.8. The zero-order valence-corrected chi connectivity index (χ0v) is 61.2. The number of esters is 1. The Hall–Kier alpha value is -1.14. The molecule has 0 aromatic rings. The summed E-state index contributed by atoms with van der Waals surface area (Å²) in [5.74, 6) is 0.00302. The van der Waals surface area contributed by atoms with Gasteiger partial charge in [0.15, 0.2) is 0 Å². The van der Waals surface area contributed by atoms with Crippen molar-refractivity contribution in [2.75, 3.05) is 13.2 Å². The lowest BCUT2D eigenvalue weighted by molar-refractivity contribution is -0.143. The van der Waals surface area contributed by atoms with E-state index in [9.17, 15) is 19.8 Å². The number of hydrogen-bond donors (Lipinski definition) is 3. The number of unbranched alkanes of at least 4 members (excludes halogenated alkanes) is 69. The Labute approximate surface area is 559 Å². The van der Waals surface area contributed by atoms with Gasteiger partial charge in [0.1, 0.15) is 0 Å². The number of nitrogens with one attached hydrogen (secondary N) is 1. The summed E-state index contributed by atoms with van der Waals surface area (Å²) in [4.78, 5) is 24.7.